The summed E-state index contributed by atoms with van der Waals surface area (Å²) in [6.07, 6.45) is 7.04. The van der Waals surface area contributed by atoms with Gasteiger partial charge in [0.2, 0.25) is 0 Å². The van der Waals surface area contributed by atoms with Crippen molar-refractivity contribution in [2.75, 3.05) is 0 Å². The maximum atomic E-state index is 9.37. The first-order valence-corrected chi connectivity index (χ1v) is 6.04. The lowest BCUT2D eigenvalue weighted by Gasteiger charge is -2.10. The van der Waals surface area contributed by atoms with Gasteiger partial charge in [0.15, 0.2) is 0 Å². The van der Waals surface area contributed by atoms with E-state index in [1.54, 1.807) is 0 Å². The van der Waals surface area contributed by atoms with Gasteiger partial charge in [0.05, 0.1) is 6.10 Å². The van der Waals surface area contributed by atoms with Crippen molar-refractivity contribution < 1.29 is 5.11 Å². The van der Waals surface area contributed by atoms with Crippen LogP contribution < -0.4 is 0 Å². The Labute approximate surface area is 92.1 Å². The molecule has 1 unspecified atom stereocenters. The molecule has 0 aliphatic heterocycles. The lowest BCUT2D eigenvalue weighted by atomic mass is 9.98. The van der Waals surface area contributed by atoms with Crippen LogP contribution in [0.2, 0.25) is 0 Å². The summed E-state index contributed by atoms with van der Waals surface area (Å²) in [7, 11) is 0. The van der Waals surface area contributed by atoms with Crippen LogP contribution in [0.15, 0.2) is 18.2 Å². The van der Waals surface area contributed by atoms with Gasteiger partial charge >= 0.3 is 0 Å². The number of benzene rings is 1. The molecule has 15 heavy (non-hydrogen) atoms. The first-order valence-electron chi connectivity index (χ1n) is 6.04. The highest BCUT2D eigenvalue weighted by Gasteiger charge is 2.09. The van der Waals surface area contributed by atoms with Gasteiger partial charge in [0.25, 0.3) is 0 Å². The molecule has 0 fully saturated rings. The predicted octanol–water partition coefficient (Wildman–Crippen LogP) is 2.88. The average Bonchev–Trinajstić information content (AvgIpc) is 2.41. The summed E-state index contributed by atoms with van der Waals surface area (Å²) in [6, 6.07) is 6.74. The van der Waals surface area contributed by atoms with Crippen LogP contribution >= 0.6 is 0 Å². The molecule has 1 atom stereocenters. The number of hydrogen-bond acceptors (Lipinski definition) is 1. The van der Waals surface area contributed by atoms with Gasteiger partial charge in [0, 0.05) is 0 Å². The van der Waals surface area contributed by atoms with E-state index in [-0.39, 0.29) is 6.10 Å². The minimum Gasteiger partial charge on any atom is -0.393 e. The minimum absolute atomic E-state index is 0.228. The third kappa shape index (κ3) is 2.82. The molecule has 1 N–H and O–H groups in total. The molecule has 0 amide bonds. The zero-order valence-corrected chi connectivity index (χ0v) is 9.50. The number of aryl methyl sites for hydroxylation is 2. The molecular formula is C14H20O. The fraction of sp³-hybridized carbons (Fsp3) is 0.571. The summed E-state index contributed by atoms with van der Waals surface area (Å²) < 4.78 is 0. The summed E-state index contributed by atoms with van der Waals surface area (Å²) in [5.41, 5.74) is 4.33. The van der Waals surface area contributed by atoms with Crippen molar-refractivity contribution in [2.24, 2.45) is 0 Å². The van der Waals surface area contributed by atoms with Crippen LogP contribution in [0.1, 0.15) is 42.9 Å². The van der Waals surface area contributed by atoms with Crippen molar-refractivity contribution in [1.82, 2.24) is 0 Å². The van der Waals surface area contributed by atoms with Crippen LogP contribution in [-0.2, 0) is 19.3 Å². The Bertz CT molecular complexity index is 328. The molecule has 1 heteroatoms. The van der Waals surface area contributed by atoms with Crippen LogP contribution in [0.5, 0.6) is 0 Å². The quantitative estimate of drug-likeness (QED) is 0.734. The zero-order valence-electron chi connectivity index (χ0n) is 9.50. The van der Waals surface area contributed by atoms with Crippen LogP contribution in [0.4, 0.5) is 0 Å². The number of aliphatic hydroxyl groups excluding tert-OH is 1. The Balaban J connectivity index is 2.20. The van der Waals surface area contributed by atoms with Gasteiger partial charge in [-0.25, -0.2) is 0 Å². The minimum atomic E-state index is -0.228. The molecule has 0 heterocycles. The monoisotopic (exact) mass is 204 g/mol. The first kappa shape index (κ1) is 10.7. The summed E-state index contributed by atoms with van der Waals surface area (Å²) in [4.78, 5) is 0. The lowest BCUT2D eigenvalue weighted by molar-refractivity contribution is 0.195. The second-order valence-corrected chi connectivity index (χ2v) is 4.72. The molecule has 1 aliphatic rings. The van der Waals surface area contributed by atoms with Gasteiger partial charge < -0.3 is 5.11 Å². The van der Waals surface area contributed by atoms with E-state index in [9.17, 15) is 5.11 Å². The van der Waals surface area contributed by atoms with Crippen LogP contribution in [0.25, 0.3) is 0 Å². The summed E-state index contributed by atoms with van der Waals surface area (Å²) in [6.45, 7) is 1.85. The highest BCUT2D eigenvalue weighted by molar-refractivity contribution is 5.33. The molecule has 0 saturated heterocycles. The largest absolute Gasteiger partial charge is 0.393 e. The normalized spacial score (nSPS) is 18.0. The Morgan fingerprint density at radius 1 is 1.13 bits per heavy atom. The summed E-state index contributed by atoms with van der Waals surface area (Å²) in [5.74, 6) is 0. The topological polar surface area (TPSA) is 20.2 Å². The van der Waals surface area contributed by atoms with E-state index in [0.717, 1.165) is 6.42 Å². The third-order valence-corrected chi connectivity index (χ3v) is 3.19. The Morgan fingerprint density at radius 2 is 1.87 bits per heavy atom. The molecular weight excluding hydrogens is 184 g/mol. The molecule has 0 radical (unpaired) electrons. The maximum absolute atomic E-state index is 9.37. The predicted molar refractivity (Wildman–Crippen MR) is 63.1 cm³/mol. The second kappa shape index (κ2) is 4.80. The van der Waals surface area contributed by atoms with Crippen molar-refractivity contribution in [3.63, 3.8) is 0 Å². The Kier molecular flexibility index (Phi) is 3.42. The molecule has 0 bridgehead atoms. The third-order valence-electron chi connectivity index (χ3n) is 3.19. The van der Waals surface area contributed by atoms with E-state index in [2.05, 4.69) is 18.2 Å². The molecule has 1 aromatic carbocycles. The van der Waals surface area contributed by atoms with Gasteiger partial charge in [-0.05, 0) is 55.7 Å². The number of hydrogen-bond donors (Lipinski definition) is 1. The highest BCUT2D eigenvalue weighted by Crippen LogP contribution is 2.22. The van der Waals surface area contributed by atoms with Gasteiger partial charge in [-0.2, -0.15) is 0 Å². The van der Waals surface area contributed by atoms with E-state index < -0.39 is 0 Å². The molecule has 2 rings (SSSR count). The van der Waals surface area contributed by atoms with Crippen LogP contribution in [-0.4, -0.2) is 11.2 Å². The summed E-state index contributed by atoms with van der Waals surface area (Å²) >= 11 is 0. The number of fused-ring (bicyclic) bond motifs is 1. The second-order valence-electron chi connectivity index (χ2n) is 4.72. The molecule has 0 spiro atoms. The van der Waals surface area contributed by atoms with Crippen LogP contribution in [0.3, 0.4) is 0 Å². The van der Waals surface area contributed by atoms with Gasteiger partial charge in [-0.1, -0.05) is 24.6 Å². The fourth-order valence-electron chi connectivity index (χ4n) is 2.43. The van der Waals surface area contributed by atoms with Crippen molar-refractivity contribution in [3.05, 3.63) is 34.9 Å². The lowest BCUT2D eigenvalue weighted by Crippen LogP contribution is -2.05. The van der Waals surface area contributed by atoms with E-state index in [1.807, 2.05) is 6.92 Å². The van der Waals surface area contributed by atoms with Crippen molar-refractivity contribution >= 4 is 0 Å². The Morgan fingerprint density at radius 3 is 2.60 bits per heavy atom. The average molecular weight is 204 g/mol. The van der Waals surface area contributed by atoms with E-state index in [4.69, 9.17) is 0 Å². The number of rotatable bonds is 2. The van der Waals surface area contributed by atoms with Gasteiger partial charge in [-0.15, -0.1) is 0 Å². The van der Waals surface area contributed by atoms with Gasteiger partial charge in [0.1, 0.15) is 0 Å². The zero-order chi connectivity index (χ0) is 10.7. The van der Waals surface area contributed by atoms with Gasteiger partial charge in [-0.3, -0.25) is 0 Å². The molecule has 0 saturated carbocycles. The molecule has 1 aromatic rings. The number of aliphatic hydroxyl groups is 1. The van der Waals surface area contributed by atoms with E-state index >= 15 is 0 Å². The fourth-order valence-corrected chi connectivity index (χ4v) is 2.43. The molecule has 82 valence electrons. The van der Waals surface area contributed by atoms with E-state index in [0.29, 0.717) is 0 Å². The first-order chi connectivity index (χ1) is 7.25. The molecule has 1 nitrogen and oxygen atoms in total. The van der Waals surface area contributed by atoms with Crippen molar-refractivity contribution in [3.8, 4) is 0 Å². The smallest absolute Gasteiger partial charge is 0.0552 e. The Hall–Kier alpha value is -0.820. The summed E-state index contributed by atoms with van der Waals surface area (Å²) in [5, 5.41) is 9.37. The molecule has 1 aliphatic carbocycles. The van der Waals surface area contributed by atoms with Crippen molar-refractivity contribution in [2.45, 2.75) is 51.6 Å². The SMILES string of the molecule is CC(O)Cc1ccc2c(c1)CCCCC2. The van der Waals surface area contributed by atoms with E-state index in [1.165, 1.54) is 48.8 Å². The van der Waals surface area contributed by atoms with Crippen molar-refractivity contribution in [1.29, 1.82) is 0 Å². The maximum Gasteiger partial charge on any atom is 0.0552 e. The standard InChI is InChI=1S/C14H20O/c1-11(15)9-12-7-8-13-5-3-2-4-6-14(13)10-12/h7-8,10-11,15H,2-6,9H2,1H3. The van der Waals surface area contributed by atoms with Crippen LogP contribution in [0, 0.1) is 0 Å². The highest BCUT2D eigenvalue weighted by atomic mass is 16.3. The molecule has 0 aromatic heterocycles.